The maximum Gasteiger partial charge on any atom is 0.217 e. The van der Waals surface area contributed by atoms with Crippen LogP contribution in [0.25, 0.3) is 0 Å². The van der Waals surface area contributed by atoms with Gasteiger partial charge in [-0.2, -0.15) is 0 Å². The summed E-state index contributed by atoms with van der Waals surface area (Å²) < 4.78 is 16.3. The van der Waals surface area contributed by atoms with Crippen LogP contribution >= 0.6 is 0 Å². The number of carbonyl (C=O) groups is 1. The lowest BCUT2D eigenvalue weighted by Crippen LogP contribution is -2.50. The summed E-state index contributed by atoms with van der Waals surface area (Å²) in [6.45, 7) is 7.35. The van der Waals surface area contributed by atoms with Crippen LogP contribution in [-0.4, -0.2) is 92.6 Å². The van der Waals surface area contributed by atoms with Crippen LogP contribution in [0.2, 0.25) is 0 Å². The van der Waals surface area contributed by atoms with Crippen LogP contribution in [0.4, 0.5) is 0 Å². The number of β-amino-alcohol motifs (C(OH)–C–C–N with tert-alkyl or cyclic N) is 1. The van der Waals surface area contributed by atoms with Crippen molar-refractivity contribution in [2.24, 2.45) is 0 Å². The Kier molecular flexibility index (Phi) is 8.54. The van der Waals surface area contributed by atoms with E-state index in [0.29, 0.717) is 37.8 Å². The van der Waals surface area contributed by atoms with Crippen LogP contribution in [0.15, 0.2) is 18.2 Å². The Morgan fingerprint density at radius 1 is 1.16 bits per heavy atom. The summed E-state index contributed by atoms with van der Waals surface area (Å²) in [5.74, 6) is 1.46. The summed E-state index contributed by atoms with van der Waals surface area (Å²) in [5.41, 5.74) is 0.444. The fourth-order valence-electron chi connectivity index (χ4n) is 4.57. The molecule has 2 aliphatic heterocycles. The van der Waals surface area contributed by atoms with Crippen LogP contribution in [0, 0.1) is 0 Å². The molecule has 3 rings (SSSR count). The lowest BCUT2D eigenvalue weighted by molar-refractivity contribution is -0.120. The molecule has 0 radical (unpaired) electrons. The van der Waals surface area contributed by atoms with Gasteiger partial charge in [0.1, 0.15) is 6.61 Å². The number of amides is 1. The minimum absolute atomic E-state index is 0.0364. The van der Waals surface area contributed by atoms with Crippen molar-refractivity contribution < 1.29 is 24.1 Å². The summed E-state index contributed by atoms with van der Waals surface area (Å²) in [7, 11) is 3.29. The Morgan fingerprint density at radius 3 is 2.61 bits per heavy atom. The molecule has 1 unspecified atom stereocenters. The molecule has 1 atom stereocenters. The number of likely N-dealkylation sites (tertiary alicyclic amines) is 2. The first-order chi connectivity index (χ1) is 14.9. The van der Waals surface area contributed by atoms with Crippen molar-refractivity contribution in [3.8, 4) is 11.5 Å². The molecule has 0 saturated carbocycles. The van der Waals surface area contributed by atoms with Crippen LogP contribution in [0.5, 0.6) is 11.5 Å². The first-order valence-electron chi connectivity index (χ1n) is 11.1. The Morgan fingerprint density at radius 2 is 1.94 bits per heavy atom. The number of ether oxygens (including phenoxy) is 3. The van der Waals surface area contributed by atoms with E-state index < -0.39 is 5.60 Å². The number of carbonyl (C=O) groups excluding carboxylic acids is 1. The maximum atomic E-state index is 11.2. The molecule has 2 heterocycles. The van der Waals surface area contributed by atoms with Crippen molar-refractivity contribution in [2.45, 2.75) is 44.4 Å². The molecule has 1 aromatic carbocycles. The van der Waals surface area contributed by atoms with Crippen molar-refractivity contribution in [3.05, 3.63) is 23.8 Å². The van der Waals surface area contributed by atoms with Gasteiger partial charge in [-0.3, -0.25) is 9.69 Å². The number of hydrogen-bond acceptors (Lipinski definition) is 7. The predicted molar refractivity (Wildman–Crippen MR) is 118 cm³/mol. The highest BCUT2D eigenvalue weighted by molar-refractivity contribution is 5.73. The Hall–Kier alpha value is -1.87. The second-order valence-electron chi connectivity index (χ2n) is 8.76. The molecule has 0 spiro atoms. The quantitative estimate of drug-likeness (QED) is 0.535. The van der Waals surface area contributed by atoms with E-state index in [1.165, 1.54) is 0 Å². The van der Waals surface area contributed by atoms with Crippen LogP contribution in [-0.2, 0) is 16.1 Å². The number of aliphatic hydroxyl groups is 1. The van der Waals surface area contributed by atoms with Crippen molar-refractivity contribution in [2.75, 3.05) is 60.2 Å². The molecule has 0 aromatic heterocycles. The number of piperidine rings is 1. The van der Waals surface area contributed by atoms with Crippen LogP contribution in [0.3, 0.4) is 0 Å². The minimum atomic E-state index is -0.689. The molecule has 0 aliphatic carbocycles. The zero-order valence-corrected chi connectivity index (χ0v) is 19.1. The van der Waals surface area contributed by atoms with Gasteiger partial charge in [0, 0.05) is 59.3 Å². The van der Waals surface area contributed by atoms with Gasteiger partial charge in [0.05, 0.1) is 19.3 Å². The highest BCUT2D eigenvalue weighted by Crippen LogP contribution is 2.30. The third-order valence-electron chi connectivity index (χ3n) is 6.10. The molecule has 2 N–H and O–H groups in total. The van der Waals surface area contributed by atoms with E-state index in [0.717, 1.165) is 51.0 Å². The van der Waals surface area contributed by atoms with Crippen molar-refractivity contribution in [1.82, 2.24) is 15.1 Å². The Balaban J connectivity index is 1.50. The van der Waals surface area contributed by atoms with Gasteiger partial charge in [0.15, 0.2) is 11.5 Å². The largest absolute Gasteiger partial charge is 0.493 e. The lowest BCUT2D eigenvalue weighted by Gasteiger charge is -2.36. The smallest absolute Gasteiger partial charge is 0.217 e. The van der Waals surface area contributed by atoms with E-state index >= 15 is 0 Å². The molecular formula is C23H37N3O5. The van der Waals surface area contributed by atoms with E-state index in [1.807, 2.05) is 18.2 Å². The van der Waals surface area contributed by atoms with Gasteiger partial charge in [-0.15, -0.1) is 0 Å². The zero-order valence-electron chi connectivity index (χ0n) is 19.1. The van der Waals surface area contributed by atoms with E-state index in [9.17, 15) is 9.90 Å². The van der Waals surface area contributed by atoms with Gasteiger partial charge in [-0.25, -0.2) is 0 Å². The Bertz CT molecular complexity index is 723. The molecule has 1 aromatic rings. The average Bonchev–Trinajstić information content (AvgIpc) is 3.09. The Labute approximate surface area is 185 Å². The summed E-state index contributed by atoms with van der Waals surface area (Å²) in [4.78, 5) is 15.9. The van der Waals surface area contributed by atoms with Gasteiger partial charge < -0.3 is 29.5 Å². The van der Waals surface area contributed by atoms with Crippen molar-refractivity contribution in [3.63, 3.8) is 0 Å². The SMILES string of the molecule is COCCOc1cc(CN2CCC(O)(CN3CCC(NC(C)=O)CC3)C2)ccc1OC. The lowest BCUT2D eigenvalue weighted by atomic mass is 9.99. The standard InChI is InChI=1S/C23H37N3O5/c1-18(27)24-20-6-9-25(10-7-20)16-23(28)8-11-26(17-23)15-19-4-5-21(30-3)22(14-19)31-13-12-29-2/h4-5,14,20,28H,6-13,15-17H2,1-3H3,(H,24,27). The van der Waals surface area contributed by atoms with E-state index in [1.54, 1.807) is 21.1 Å². The number of nitrogens with zero attached hydrogens (tertiary/aromatic N) is 2. The molecule has 1 amide bonds. The molecule has 2 aliphatic rings. The van der Waals surface area contributed by atoms with E-state index in [2.05, 4.69) is 15.1 Å². The fourth-order valence-corrected chi connectivity index (χ4v) is 4.57. The molecule has 0 bridgehead atoms. The number of rotatable bonds is 10. The number of benzene rings is 1. The number of nitrogens with one attached hydrogen (secondary N) is 1. The second-order valence-corrected chi connectivity index (χ2v) is 8.76. The topological polar surface area (TPSA) is 83.5 Å². The second kappa shape index (κ2) is 11.1. The minimum Gasteiger partial charge on any atom is -0.493 e. The molecular weight excluding hydrogens is 398 g/mol. The van der Waals surface area contributed by atoms with Crippen LogP contribution in [0.1, 0.15) is 31.7 Å². The van der Waals surface area contributed by atoms with E-state index in [4.69, 9.17) is 14.2 Å². The first kappa shape index (κ1) is 23.8. The number of hydrogen-bond donors (Lipinski definition) is 2. The summed E-state index contributed by atoms with van der Waals surface area (Å²) >= 11 is 0. The van der Waals surface area contributed by atoms with Gasteiger partial charge in [0.25, 0.3) is 0 Å². The molecule has 174 valence electrons. The van der Waals surface area contributed by atoms with Crippen LogP contribution < -0.4 is 14.8 Å². The average molecular weight is 436 g/mol. The van der Waals surface area contributed by atoms with Gasteiger partial charge >= 0.3 is 0 Å². The van der Waals surface area contributed by atoms with Gasteiger partial charge in [-0.1, -0.05) is 6.07 Å². The normalized spacial score (nSPS) is 23.1. The summed E-state index contributed by atoms with van der Waals surface area (Å²) in [5, 5.41) is 14.2. The van der Waals surface area contributed by atoms with Gasteiger partial charge in [-0.05, 0) is 37.0 Å². The number of methoxy groups -OCH3 is 2. The summed E-state index contributed by atoms with van der Waals surface area (Å²) in [6, 6.07) is 6.25. The van der Waals surface area contributed by atoms with Crippen molar-refractivity contribution in [1.29, 1.82) is 0 Å². The molecule has 2 fully saturated rings. The van der Waals surface area contributed by atoms with Gasteiger partial charge in [0.2, 0.25) is 5.91 Å². The predicted octanol–water partition coefficient (Wildman–Crippen LogP) is 1.26. The highest BCUT2D eigenvalue weighted by atomic mass is 16.5. The molecule has 31 heavy (non-hydrogen) atoms. The molecule has 8 nitrogen and oxygen atoms in total. The third-order valence-corrected chi connectivity index (χ3v) is 6.10. The first-order valence-corrected chi connectivity index (χ1v) is 11.1. The summed E-state index contributed by atoms with van der Waals surface area (Å²) in [6.07, 6.45) is 2.65. The molecule has 8 heteroatoms. The van der Waals surface area contributed by atoms with Crippen molar-refractivity contribution >= 4 is 5.91 Å². The third kappa shape index (κ3) is 7.07. The monoisotopic (exact) mass is 435 g/mol. The molecule has 2 saturated heterocycles. The van der Waals surface area contributed by atoms with E-state index in [-0.39, 0.29) is 11.9 Å². The highest BCUT2D eigenvalue weighted by Gasteiger charge is 2.38. The maximum absolute atomic E-state index is 11.2. The zero-order chi connectivity index (χ0) is 22.3. The fraction of sp³-hybridized carbons (Fsp3) is 0.696.